The number of benzene rings is 2. The van der Waals surface area contributed by atoms with Crippen molar-refractivity contribution < 1.29 is 14.9 Å². The SMILES string of the molecule is C=CC(O)N1CCN(c2nc(O[C@H](C)CN(C)C)nc3c2CCN(c2cc(O)cc4ccccc24)C3)[C@@H](C)C1. The Balaban J connectivity index is 1.50. The predicted molar refractivity (Wildman–Crippen MR) is 156 cm³/mol. The molecule has 3 atom stereocenters. The number of anilines is 2. The van der Waals surface area contributed by atoms with Gasteiger partial charge in [-0.05, 0) is 51.9 Å². The molecular weight excluding hydrogens is 492 g/mol. The van der Waals surface area contributed by atoms with Crippen molar-refractivity contribution in [3.63, 3.8) is 0 Å². The Morgan fingerprint density at radius 1 is 1.18 bits per heavy atom. The average Bonchev–Trinajstić information content (AvgIpc) is 2.90. The molecule has 208 valence electrons. The first-order valence-corrected chi connectivity index (χ1v) is 13.7. The van der Waals surface area contributed by atoms with Gasteiger partial charge in [-0.2, -0.15) is 9.97 Å². The summed E-state index contributed by atoms with van der Waals surface area (Å²) in [5.74, 6) is 1.18. The van der Waals surface area contributed by atoms with Crippen LogP contribution in [0.15, 0.2) is 49.1 Å². The van der Waals surface area contributed by atoms with Gasteiger partial charge >= 0.3 is 6.01 Å². The summed E-state index contributed by atoms with van der Waals surface area (Å²) in [7, 11) is 4.05. The number of likely N-dealkylation sites (N-methyl/N-ethyl adjacent to an activating group) is 1. The van der Waals surface area contributed by atoms with E-state index in [2.05, 4.69) is 34.3 Å². The highest BCUT2D eigenvalue weighted by atomic mass is 16.5. The summed E-state index contributed by atoms with van der Waals surface area (Å²) in [6.07, 6.45) is 1.64. The number of phenols is 1. The maximum atomic E-state index is 10.5. The van der Waals surface area contributed by atoms with Gasteiger partial charge < -0.3 is 29.6 Å². The van der Waals surface area contributed by atoms with E-state index >= 15 is 0 Å². The smallest absolute Gasteiger partial charge is 0.318 e. The quantitative estimate of drug-likeness (QED) is 0.425. The third kappa shape index (κ3) is 5.80. The molecule has 9 heteroatoms. The van der Waals surface area contributed by atoms with Gasteiger partial charge in [0.05, 0.1) is 12.2 Å². The predicted octanol–water partition coefficient (Wildman–Crippen LogP) is 3.24. The maximum Gasteiger partial charge on any atom is 0.318 e. The Kier molecular flexibility index (Phi) is 7.93. The normalized spacial score (nSPS) is 19.7. The summed E-state index contributed by atoms with van der Waals surface area (Å²) < 4.78 is 6.25. The minimum atomic E-state index is -0.648. The lowest BCUT2D eigenvalue weighted by molar-refractivity contribution is 0.0295. The van der Waals surface area contributed by atoms with Gasteiger partial charge in [0.2, 0.25) is 0 Å². The summed E-state index contributed by atoms with van der Waals surface area (Å²) in [6.45, 7) is 12.2. The number of rotatable bonds is 8. The Morgan fingerprint density at radius 3 is 2.72 bits per heavy atom. The second-order valence-electron chi connectivity index (χ2n) is 11.0. The number of fused-ring (bicyclic) bond motifs is 2. The molecule has 3 heterocycles. The number of piperazine rings is 1. The van der Waals surface area contributed by atoms with Crippen LogP contribution in [0.25, 0.3) is 10.8 Å². The van der Waals surface area contributed by atoms with Crippen molar-refractivity contribution >= 4 is 22.3 Å². The van der Waals surface area contributed by atoms with Crippen molar-refractivity contribution in [3.05, 3.63) is 60.3 Å². The summed E-state index contributed by atoms with van der Waals surface area (Å²) in [6, 6.07) is 12.3. The van der Waals surface area contributed by atoms with E-state index in [1.54, 1.807) is 12.1 Å². The Morgan fingerprint density at radius 2 is 1.97 bits per heavy atom. The zero-order chi connectivity index (χ0) is 27.7. The molecule has 0 aliphatic carbocycles. The third-order valence-corrected chi connectivity index (χ3v) is 7.63. The van der Waals surface area contributed by atoms with Gasteiger partial charge in [-0.25, -0.2) is 0 Å². The first-order chi connectivity index (χ1) is 18.7. The largest absolute Gasteiger partial charge is 0.508 e. The van der Waals surface area contributed by atoms with Crippen molar-refractivity contribution in [2.45, 2.75) is 45.2 Å². The van der Waals surface area contributed by atoms with Crippen LogP contribution < -0.4 is 14.5 Å². The molecule has 0 bridgehead atoms. The van der Waals surface area contributed by atoms with Crippen LogP contribution >= 0.6 is 0 Å². The second kappa shape index (κ2) is 11.4. The number of nitrogens with zero attached hydrogens (tertiary/aromatic N) is 6. The van der Waals surface area contributed by atoms with Crippen molar-refractivity contribution in [1.29, 1.82) is 0 Å². The van der Waals surface area contributed by atoms with E-state index in [1.807, 2.05) is 50.2 Å². The van der Waals surface area contributed by atoms with Gasteiger partial charge in [0.1, 0.15) is 23.9 Å². The zero-order valence-electron chi connectivity index (χ0n) is 23.4. The van der Waals surface area contributed by atoms with Gasteiger partial charge in [-0.15, -0.1) is 0 Å². The van der Waals surface area contributed by atoms with E-state index in [9.17, 15) is 10.2 Å². The molecule has 2 N–H and O–H groups in total. The molecule has 1 saturated heterocycles. The molecular formula is C30H40N6O3. The number of aliphatic hydroxyl groups is 1. The molecule has 1 aromatic heterocycles. The van der Waals surface area contributed by atoms with E-state index < -0.39 is 6.23 Å². The number of aliphatic hydroxyl groups excluding tert-OH is 1. The topological polar surface area (TPSA) is 88.4 Å². The molecule has 2 aliphatic heterocycles. The molecule has 1 unspecified atom stereocenters. The molecule has 2 aliphatic rings. The van der Waals surface area contributed by atoms with Crippen LogP contribution in [0.2, 0.25) is 0 Å². The zero-order valence-corrected chi connectivity index (χ0v) is 23.4. The standard InChI is InChI=1S/C30H40N6O3/c1-6-28(38)35-13-14-36(20(2)17-35)29-25-11-12-34(27-16-23(37)15-22-9-7-8-10-24(22)27)19-26(25)31-30(32-29)39-21(3)18-33(4)5/h6-10,15-16,20-21,28,37-38H,1,11-14,17-19H2,2-5H3/t20-,21+,28?/m0/s1. The Hall–Kier alpha value is -3.40. The van der Waals surface area contributed by atoms with E-state index in [1.165, 1.54) is 0 Å². The van der Waals surface area contributed by atoms with Crippen LogP contribution in [-0.2, 0) is 13.0 Å². The van der Waals surface area contributed by atoms with Crippen LogP contribution in [0, 0.1) is 0 Å². The molecule has 9 nitrogen and oxygen atoms in total. The van der Waals surface area contributed by atoms with Gasteiger partial charge in [0.25, 0.3) is 0 Å². The summed E-state index contributed by atoms with van der Waals surface area (Å²) in [5.41, 5.74) is 3.10. The summed E-state index contributed by atoms with van der Waals surface area (Å²) >= 11 is 0. The van der Waals surface area contributed by atoms with Gasteiger partial charge in [-0.1, -0.05) is 30.8 Å². The van der Waals surface area contributed by atoms with E-state index in [4.69, 9.17) is 14.7 Å². The lowest BCUT2D eigenvalue weighted by Crippen LogP contribution is -2.55. The number of hydrogen-bond acceptors (Lipinski definition) is 9. The number of phenolic OH excluding ortho intramolecular Hbond substituents is 1. The van der Waals surface area contributed by atoms with Crippen molar-refractivity contribution in [2.75, 3.05) is 56.6 Å². The fraction of sp³-hybridized carbons (Fsp3) is 0.467. The highest BCUT2D eigenvalue weighted by molar-refractivity contribution is 5.95. The van der Waals surface area contributed by atoms with Crippen molar-refractivity contribution in [3.8, 4) is 11.8 Å². The van der Waals surface area contributed by atoms with E-state index in [-0.39, 0.29) is 17.9 Å². The molecule has 0 saturated carbocycles. The van der Waals surface area contributed by atoms with Gasteiger partial charge in [0.15, 0.2) is 0 Å². The van der Waals surface area contributed by atoms with Crippen LogP contribution in [0.3, 0.4) is 0 Å². The Bertz CT molecular complexity index is 1330. The van der Waals surface area contributed by atoms with Crippen molar-refractivity contribution in [1.82, 2.24) is 19.8 Å². The summed E-state index contributed by atoms with van der Waals surface area (Å²) in [5, 5.41) is 22.9. The molecule has 5 rings (SSSR count). The van der Waals surface area contributed by atoms with E-state index in [0.717, 1.165) is 59.6 Å². The van der Waals surface area contributed by atoms with Gasteiger partial charge in [-0.3, -0.25) is 4.90 Å². The average molecular weight is 533 g/mol. The number of ether oxygens (including phenoxy) is 1. The molecule has 0 spiro atoms. The number of aromatic nitrogens is 2. The molecule has 0 amide bonds. The highest BCUT2D eigenvalue weighted by Gasteiger charge is 2.32. The lowest BCUT2D eigenvalue weighted by Gasteiger charge is -2.43. The fourth-order valence-corrected chi connectivity index (χ4v) is 5.84. The van der Waals surface area contributed by atoms with Crippen LogP contribution in [0.1, 0.15) is 25.1 Å². The summed E-state index contributed by atoms with van der Waals surface area (Å²) in [4.78, 5) is 18.6. The minimum absolute atomic E-state index is 0.0717. The van der Waals surface area contributed by atoms with E-state index in [0.29, 0.717) is 25.6 Å². The monoisotopic (exact) mass is 532 g/mol. The highest BCUT2D eigenvalue weighted by Crippen LogP contribution is 2.37. The fourth-order valence-electron chi connectivity index (χ4n) is 5.84. The number of hydrogen-bond donors (Lipinski definition) is 2. The molecule has 39 heavy (non-hydrogen) atoms. The first-order valence-electron chi connectivity index (χ1n) is 13.7. The van der Waals surface area contributed by atoms with Crippen LogP contribution in [-0.4, -0.2) is 95.2 Å². The minimum Gasteiger partial charge on any atom is -0.508 e. The molecule has 1 fully saturated rings. The van der Waals surface area contributed by atoms with Gasteiger partial charge in [0, 0.05) is 61.5 Å². The number of aromatic hydroxyl groups is 1. The molecule has 2 aromatic carbocycles. The maximum absolute atomic E-state index is 10.5. The Labute approximate surface area is 230 Å². The van der Waals surface area contributed by atoms with Crippen molar-refractivity contribution in [2.24, 2.45) is 0 Å². The second-order valence-corrected chi connectivity index (χ2v) is 11.0. The molecule has 3 aromatic rings. The van der Waals surface area contributed by atoms with Crippen LogP contribution in [0.4, 0.5) is 11.5 Å². The van der Waals surface area contributed by atoms with Crippen LogP contribution in [0.5, 0.6) is 11.8 Å². The third-order valence-electron chi connectivity index (χ3n) is 7.63. The molecule has 0 radical (unpaired) electrons. The lowest BCUT2D eigenvalue weighted by atomic mass is 10.0. The first kappa shape index (κ1) is 27.2.